The van der Waals surface area contributed by atoms with Crippen molar-refractivity contribution in [3.63, 3.8) is 0 Å². The van der Waals surface area contributed by atoms with Crippen molar-refractivity contribution in [1.29, 1.82) is 0 Å². The molecular formula is C19H19BrN2O4S. The number of sulfonamides is 1. The van der Waals surface area contributed by atoms with Crippen LogP contribution in [0.25, 0.3) is 6.08 Å². The van der Waals surface area contributed by atoms with Gasteiger partial charge in [0.05, 0.1) is 10.5 Å². The van der Waals surface area contributed by atoms with Gasteiger partial charge in [-0.1, -0.05) is 22.0 Å². The van der Waals surface area contributed by atoms with Gasteiger partial charge in [-0.3, -0.25) is 4.79 Å². The third kappa shape index (κ3) is 4.07. The quantitative estimate of drug-likeness (QED) is 0.773. The highest BCUT2D eigenvalue weighted by Gasteiger charge is 2.22. The van der Waals surface area contributed by atoms with Gasteiger partial charge in [0.25, 0.3) is 5.91 Å². The highest BCUT2D eigenvalue weighted by Crippen LogP contribution is 2.30. The van der Waals surface area contributed by atoms with Crippen LogP contribution in [0.3, 0.4) is 0 Å². The van der Waals surface area contributed by atoms with Gasteiger partial charge in [-0.05, 0) is 48.9 Å². The van der Waals surface area contributed by atoms with Gasteiger partial charge in [0.15, 0.2) is 0 Å². The molecule has 6 nitrogen and oxygen atoms in total. The molecule has 0 unspecified atom stereocenters. The molecular weight excluding hydrogens is 432 g/mol. The van der Waals surface area contributed by atoms with Crippen LogP contribution in [0.1, 0.15) is 11.1 Å². The number of halogens is 1. The van der Waals surface area contributed by atoms with Crippen molar-refractivity contribution < 1.29 is 17.9 Å². The third-order valence-corrected chi connectivity index (χ3v) is 6.63. The lowest BCUT2D eigenvalue weighted by molar-refractivity contribution is -0.113. The summed E-state index contributed by atoms with van der Waals surface area (Å²) in [4.78, 5) is 12.8. The Morgan fingerprint density at radius 2 is 1.93 bits per heavy atom. The lowest BCUT2D eigenvalue weighted by atomic mass is 10.1. The molecule has 2 aromatic carbocycles. The average Bonchev–Trinajstić information content (AvgIpc) is 2.62. The largest absolute Gasteiger partial charge is 0.488 e. The zero-order valence-electron chi connectivity index (χ0n) is 15.1. The molecule has 0 bridgehead atoms. The first kappa shape index (κ1) is 19.6. The number of rotatable bonds is 4. The number of fused-ring (bicyclic) bond motifs is 1. The minimum Gasteiger partial charge on any atom is -0.488 e. The minimum absolute atomic E-state index is 0.148. The number of nitrogens with one attached hydrogen (secondary N) is 1. The van der Waals surface area contributed by atoms with Crippen molar-refractivity contribution in [2.24, 2.45) is 0 Å². The predicted molar refractivity (Wildman–Crippen MR) is 108 cm³/mol. The number of amides is 1. The molecule has 1 aliphatic heterocycles. The number of benzene rings is 2. The van der Waals surface area contributed by atoms with E-state index in [1.54, 1.807) is 25.1 Å². The first-order valence-corrected chi connectivity index (χ1v) is 10.4. The zero-order chi connectivity index (χ0) is 19.8. The summed E-state index contributed by atoms with van der Waals surface area (Å²) < 4.78 is 32.5. The maximum Gasteiger partial charge on any atom is 0.255 e. The fraction of sp³-hybridized carbons (Fsp3) is 0.211. The van der Waals surface area contributed by atoms with E-state index in [9.17, 15) is 13.2 Å². The van der Waals surface area contributed by atoms with Crippen LogP contribution in [0.4, 0.5) is 5.69 Å². The molecule has 0 saturated carbocycles. The van der Waals surface area contributed by atoms with Crippen molar-refractivity contribution in [3.05, 3.63) is 57.6 Å². The van der Waals surface area contributed by atoms with Gasteiger partial charge >= 0.3 is 0 Å². The lowest BCUT2D eigenvalue weighted by Crippen LogP contribution is -2.24. The molecule has 3 rings (SSSR count). The van der Waals surface area contributed by atoms with E-state index in [2.05, 4.69) is 21.2 Å². The number of ether oxygens (including phenoxy) is 1. The Bertz CT molecular complexity index is 1050. The van der Waals surface area contributed by atoms with Crippen LogP contribution in [0.5, 0.6) is 5.75 Å². The first-order valence-electron chi connectivity index (χ1n) is 8.16. The van der Waals surface area contributed by atoms with Gasteiger partial charge in [-0.25, -0.2) is 12.7 Å². The fourth-order valence-electron chi connectivity index (χ4n) is 2.64. The zero-order valence-corrected chi connectivity index (χ0v) is 17.5. The molecule has 1 heterocycles. The van der Waals surface area contributed by atoms with E-state index < -0.39 is 10.0 Å². The Kier molecular flexibility index (Phi) is 5.41. The molecule has 0 spiro atoms. The Hall–Kier alpha value is -2.16. The lowest BCUT2D eigenvalue weighted by Gasteiger charge is -2.18. The van der Waals surface area contributed by atoms with Crippen molar-refractivity contribution in [1.82, 2.24) is 4.31 Å². The van der Waals surface area contributed by atoms with E-state index in [0.29, 0.717) is 22.6 Å². The number of carbonyl (C=O) groups is 1. The summed E-state index contributed by atoms with van der Waals surface area (Å²) in [6, 6.07) is 10.4. The predicted octanol–water partition coefficient (Wildman–Crippen LogP) is 3.42. The smallest absolute Gasteiger partial charge is 0.255 e. The normalized spacial score (nSPS) is 13.6. The second-order valence-corrected chi connectivity index (χ2v) is 9.40. The molecule has 142 valence electrons. The number of aryl methyl sites for hydroxylation is 1. The Labute approximate surface area is 167 Å². The van der Waals surface area contributed by atoms with E-state index in [0.717, 1.165) is 14.3 Å². The molecule has 8 heteroatoms. The summed E-state index contributed by atoms with van der Waals surface area (Å²) in [5.74, 6) is 0.377. The van der Waals surface area contributed by atoms with Crippen LogP contribution < -0.4 is 10.1 Å². The number of carbonyl (C=O) groups excluding carboxylic acids is 1. The van der Waals surface area contributed by atoms with Crippen LogP contribution in [-0.4, -0.2) is 39.3 Å². The second kappa shape index (κ2) is 7.46. The SMILES string of the molecule is Cc1ccc(NC(=O)C2=Cc3cc(Br)ccc3OC2)cc1S(=O)(=O)N(C)C. The first-order chi connectivity index (χ1) is 12.7. The highest BCUT2D eigenvalue weighted by atomic mass is 79.9. The summed E-state index contributed by atoms with van der Waals surface area (Å²) in [7, 11) is -0.654. The van der Waals surface area contributed by atoms with Crippen molar-refractivity contribution in [2.75, 3.05) is 26.0 Å². The van der Waals surface area contributed by atoms with E-state index in [4.69, 9.17) is 4.74 Å². The Balaban J connectivity index is 1.87. The molecule has 1 aliphatic rings. The maximum atomic E-state index is 12.6. The van der Waals surface area contributed by atoms with Gasteiger partial charge in [-0.15, -0.1) is 0 Å². The molecule has 0 aromatic heterocycles. The van der Waals surface area contributed by atoms with Crippen LogP contribution in [0, 0.1) is 6.92 Å². The van der Waals surface area contributed by atoms with E-state index in [1.165, 1.54) is 20.2 Å². The van der Waals surface area contributed by atoms with Crippen LogP contribution in [0.15, 0.2) is 51.3 Å². The van der Waals surface area contributed by atoms with Gasteiger partial charge < -0.3 is 10.1 Å². The van der Waals surface area contributed by atoms with E-state index >= 15 is 0 Å². The molecule has 1 amide bonds. The van der Waals surface area contributed by atoms with Gasteiger partial charge in [0.1, 0.15) is 12.4 Å². The van der Waals surface area contributed by atoms with Crippen molar-refractivity contribution in [2.45, 2.75) is 11.8 Å². The molecule has 0 atom stereocenters. The van der Waals surface area contributed by atoms with Crippen LogP contribution in [0.2, 0.25) is 0 Å². The van der Waals surface area contributed by atoms with Gasteiger partial charge in [0, 0.05) is 29.8 Å². The summed E-state index contributed by atoms with van der Waals surface area (Å²) in [5, 5.41) is 2.75. The molecule has 0 aliphatic carbocycles. The van der Waals surface area contributed by atoms with Crippen LogP contribution in [-0.2, 0) is 14.8 Å². The molecule has 1 N–H and O–H groups in total. The fourth-order valence-corrected chi connectivity index (χ4v) is 4.17. The molecule has 0 radical (unpaired) electrons. The minimum atomic E-state index is -3.60. The molecule has 2 aromatic rings. The average molecular weight is 451 g/mol. The summed E-state index contributed by atoms with van der Waals surface area (Å²) in [6.07, 6.45) is 1.77. The van der Waals surface area contributed by atoms with E-state index in [1.807, 2.05) is 18.2 Å². The second-order valence-electron chi connectivity index (χ2n) is 6.36. The topological polar surface area (TPSA) is 75.7 Å². The van der Waals surface area contributed by atoms with Crippen molar-refractivity contribution >= 4 is 43.6 Å². The monoisotopic (exact) mass is 450 g/mol. The maximum absolute atomic E-state index is 12.6. The Morgan fingerprint density at radius 3 is 2.63 bits per heavy atom. The number of anilines is 1. The number of nitrogens with zero attached hydrogens (tertiary/aromatic N) is 1. The van der Waals surface area contributed by atoms with Crippen molar-refractivity contribution in [3.8, 4) is 5.75 Å². The van der Waals surface area contributed by atoms with Gasteiger partial charge in [-0.2, -0.15) is 0 Å². The number of hydrogen-bond acceptors (Lipinski definition) is 4. The highest BCUT2D eigenvalue weighted by molar-refractivity contribution is 9.10. The number of hydrogen-bond donors (Lipinski definition) is 1. The molecule has 27 heavy (non-hydrogen) atoms. The summed E-state index contributed by atoms with van der Waals surface area (Å²) >= 11 is 3.40. The van der Waals surface area contributed by atoms with Crippen LogP contribution >= 0.6 is 15.9 Å². The third-order valence-electron chi connectivity index (χ3n) is 4.18. The standard InChI is InChI=1S/C19H19BrN2O4S/c1-12-4-6-16(10-18(12)27(24,25)22(2)3)21-19(23)14-8-13-9-15(20)5-7-17(13)26-11-14/h4-10H,11H2,1-3H3,(H,21,23). The summed E-state index contributed by atoms with van der Waals surface area (Å²) in [6.45, 7) is 1.86. The summed E-state index contributed by atoms with van der Waals surface area (Å²) in [5.41, 5.74) is 2.28. The van der Waals surface area contributed by atoms with Gasteiger partial charge in [0.2, 0.25) is 10.0 Å². The molecule has 0 fully saturated rings. The molecule has 0 saturated heterocycles. The Morgan fingerprint density at radius 1 is 1.19 bits per heavy atom. The van der Waals surface area contributed by atoms with E-state index in [-0.39, 0.29) is 17.4 Å².